The van der Waals surface area contributed by atoms with Crippen LogP contribution in [0.3, 0.4) is 0 Å². The van der Waals surface area contributed by atoms with Gasteiger partial charge in [0, 0.05) is 49.4 Å². The summed E-state index contributed by atoms with van der Waals surface area (Å²) in [6.07, 6.45) is 5.43. The predicted octanol–water partition coefficient (Wildman–Crippen LogP) is 2.13. The van der Waals surface area contributed by atoms with E-state index in [2.05, 4.69) is 25.5 Å². The summed E-state index contributed by atoms with van der Waals surface area (Å²) in [7, 11) is 0. The SMILES string of the molecule is O=C1COc2cnc(CNC3CCN(CC4Cn5c(=O)ccc6ncc(Cl)c4c65)CC3)cc2N1. The minimum Gasteiger partial charge on any atom is -0.480 e. The lowest BCUT2D eigenvalue weighted by Crippen LogP contribution is -2.43. The number of rotatable bonds is 5. The van der Waals surface area contributed by atoms with Crippen LogP contribution in [0.15, 0.2) is 35.4 Å². The number of fused-ring (bicyclic) bond motifs is 1. The number of carbonyl (C=O) groups excluding carboxylic acids is 1. The summed E-state index contributed by atoms with van der Waals surface area (Å²) in [5, 5.41) is 7.07. The molecular weight excluding hydrogens is 456 g/mol. The van der Waals surface area contributed by atoms with Crippen LogP contribution in [0.2, 0.25) is 5.02 Å². The third kappa shape index (κ3) is 3.93. The molecule has 1 amide bonds. The number of likely N-dealkylation sites (tertiary alicyclic amines) is 1. The van der Waals surface area contributed by atoms with E-state index in [1.54, 1.807) is 24.5 Å². The molecular formula is C24H25ClN6O3. The molecule has 1 fully saturated rings. The summed E-state index contributed by atoms with van der Waals surface area (Å²) in [6.45, 7) is 4.16. The molecule has 3 aliphatic rings. The molecule has 3 aromatic heterocycles. The molecule has 3 aliphatic heterocycles. The Morgan fingerprint density at radius 2 is 2.03 bits per heavy atom. The summed E-state index contributed by atoms with van der Waals surface area (Å²) in [6, 6.07) is 5.64. The molecule has 1 saturated heterocycles. The Bertz CT molecular complexity index is 1330. The molecule has 9 nitrogen and oxygen atoms in total. The molecule has 0 spiro atoms. The van der Waals surface area contributed by atoms with Crippen molar-refractivity contribution < 1.29 is 9.53 Å². The summed E-state index contributed by atoms with van der Waals surface area (Å²) in [4.78, 5) is 35.3. The van der Waals surface area contributed by atoms with Crippen LogP contribution in [0, 0.1) is 0 Å². The van der Waals surface area contributed by atoms with Gasteiger partial charge in [-0.1, -0.05) is 11.6 Å². The molecule has 6 heterocycles. The van der Waals surface area contributed by atoms with Crippen LogP contribution in [0.5, 0.6) is 5.75 Å². The molecule has 6 rings (SSSR count). The van der Waals surface area contributed by atoms with Crippen molar-refractivity contribution in [3.8, 4) is 5.75 Å². The molecule has 176 valence electrons. The van der Waals surface area contributed by atoms with E-state index in [1.165, 1.54) is 0 Å². The number of piperidine rings is 1. The summed E-state index contributed by atoms with van der Waals surface area (Å²) < 4.78 is 7.19. The molecule has 1 atom stereocenters. The zero-order valence-electron chi connectivity index (χ0n) is 18.6. The van der Waals surface area contributed by atoms with Crippen LogP contribution >= 0.6 is 11.6 Å². The van der Waals surface area contributed by atoms with Crippen molar-refractivity contribution in [2.75, 3.05) is 31.6 Å². The van der Waals surface area contributed by atoms with Gasteiger partial charge >= 0.3 is 0 Å². The largest absolute Gasteiger partial charge is 0.480 e. The molecule has 2 N–H and O–H groups in total. The lowest BCUT2D eigenvalue weighted by molar-refractivity contribution is -0.118. The van der Waals surface area contributed by atoms with Gasteiger partial charge in [0.15, 0.2) is 12.4 Å². The Labute approximate surface area is 201 Å². The lowest BCUT2D eigenvalue weighted by atomic mass is 9.98. The maximum Gasteiger partial charge on any atom is 0.262 e. The summed E-state index contributed by atoms with van der Waals surface area (Å²) >= 11 is 6.53. The molecule has 0 saturated carbocycles. The standard InChI is InChI=1S/C24H25ClN6O3/c25-17-9-28-18-1-2-22(33)31-12-14(23(17)24(18)31)11-30-5-3-15(4-6-30)26-8-16-7-19-20(10-27-16)34-13-21(32)29-19/h1-2,7,9-10,14-15,26H,3-6,8,11-13H2,(H,29,32). The number of amides is 1. The highest BCUT2D eigenvalue weighted by molar-refractivity contribution is 6.32. The first-order valence-corrected chi connectivity index (χ1v) is 12.0. The van der Waals surface area contributed by atoms with E-state index in [1.807, 2.05) is 10.6 Å². The van der Waals surface area contributed by atoms with Crippen LogP contribution in [0.25, 0.3) is 11.0 Å². The number of aromatic nitrogens is 3. The maximum absolute atomic E-state index is 12.4. The van der Waals surface area contributed by atoms with Gasteiger partial charge in [-0.2, -0.15) is 0 Å². The fraction of sp³-hybridized carbons (Fsp3) is 0.417. The highest BCUT2D eigenvalue weighted by Gasteiger charge is 2.31. The first-order valence-electron chi connectivity index (χ1n) is 11.6. The Balaban J connectivity index is 1.06. The van der Waals surface area contributed by atoms with E-state index in [0.29, 0.717) is 35.6 Å². The van der Waals surface area contributed by atoms with Crippen molar-refractivity contribution >= 4 is 34.2 Å². The van der Waals surface area contributed by atoms with E-state index in [4.69, 9.17) is 16.3 Å². The Morgan fingerprint density at radius 3 is 2.88 bits per heavy atom. The second-order valence-corrected chi connectivity index (χ2v) is 9.60. The van der Waals surface area contributed by atoms with E-state index >= 15 is 0 Å². The number of nitrogens with one attached hydrogen (secondary N) is 2. The van der Waals surface area contributed by atoms with Crippen LogP contribution in [0.1, 0.15) is 30.0 Å². The average molecular weight is 481 g/mol. The van der Waals surface area contributed by atoms with E-state index < -0.39 is 0 Å². The van der Waals surface area contributed by atoms with Gasteiger partial charge in [0.1, 0.15) is 0 Å². The Hall–Kier alpha value is -3.01. The molecule has 34 heavy (non-hydrogen) atoms. The van der Waals surface area contributed by atoms with Crippen molar-refractivity contribution in [3.05, 3.63) is 57.2 Å². The third-order valence-electron chi connectivity index (χ3n) is 7.00. The first kappa shape index (κ1) is 21.5. The quantitative estimate of drug-likeness (QED) is 0.576. The van der Waals surface area contributed by atoms with Crippen LogP contribution < -0.4 is 20.9 Å². The van der Waals surface area contributed by atoms with Gasteiger partial charge in [0.25, 0.3) is 11.5 Å². The minimum absolute atomic E-state index is 0.00476. The van der Waals surface area contributed by atoms with Gasteiger partial charge in [-0.3, -0.25) is 19.6 Å². The van der Waals surface area contributed by atoms with Gasteiger partial charge in [0.2, 0.25) is 0 Å². The molecule has 10 heteroatoms. The third-order valence-corrected chi connectivity index (χ3v) is 7.30. The van der Waals surface area contributed by atoms with Crippen LogP contribution in [0.4, 0.5) is 5.69 Å². The fourth-order valence-corrected chi connectivity index (χ4v) is 5.59. The van der Waals surface area contributed by atoms with Gasteiger partial charge in [-0.05, 0) is 38.1 Å². The van der Waals surface area contributed by atoms with Gasteiger partial charge in [-0.25, -0.2) is 0 Å². The highest BCUT2D eigenvalue weighted by Crippen LogP contribution is 2.37. The van der Waals surface area contributed by atoms with Crippen molar-refractivity contribution in [3.63, 3.8) is 0 Å². The summed E-state index contributed by atoms with van der Waals surface area (Å²) in [5.41, 5.74) is 4.33. The topological polar surface area (TPSA) is 101 Å². The number of nitrogens with zero attached hydrogens (tertiary/aromatic N) is 4. The average Bonchev–Trinajstić information content (AvgIpc) is 3.23. The molecule has 1 unspecified atom stereocenters. The number of hydrogen-bond acceptors (Lipinski definition) is 7. The zero-order chi connectivity index (χ0) is 23.2. The van der Waals surface area contributed by atoms with Gasteiger partial charge < -0.3 is 24.8 Å². The second kappa shape index (κ2) is 8.65. The van der Waals surface area contributed by atoms with E-state index in [9.17, 15) is 9.59 Å². The van der Waals surface area contributed by atoms with E-state index in [0.717, 1.165) is 54.8 Å². The van der Waals surface area contributed by atoms with Crippen molar-refractivity contribution in [1.82, 2.24) is 24.8 Å². The predicted molar refractivity (Wildman–Crippen MR) is 128 cm³/mol. The monoisotopic (exact) mass is 480 g/mol. The smallest absolute Gasteiger partial charge is 0.262 e. The van der Waals surface area contributed by atoms with Crippen LogP contribution in [-0.4, -0.2) is 57.6 Å². The molecule has 0 aromatic carbocycles. The van der Waals surface area contributed by atoms with Crippen molar-refractivity contribution in [1.29, 1.82) is 0 Å². The van der Waals surface area contributed by atoms with Crippen molar-refractivity contribution in [2.45, 2.75) is 37.9 Å². The molecule has 0 radical (unpaired) electrons. The zero-order valence-corrected chi connectivity index (χ0v) is 19.3. The molecule has 0 bridgehead atoms. The second-order valence-electron chi connectivity index (χ2n) is 9.20. The Kier molecular flexibility index (Phi) is 5.47. The normalized spacial score (nSPS) is 20.3. The summed E-state index contributed by atoms with van der Waals surface area (Å²) in [5.74, 6) is 0.656. The van der Waals surface area contributed by atoms with Crippen LogP contribution in [-0.2, 0) is 17.9 Å². The number of halogens is 1. The number of hydrogen-bond donors (Lipinski definition) is 2. The number of pyridine rings is 3. The Morgan fingerprint density at radius 1 is 1.18 bits per heavy atom. The lowest BCUT2D eigenvalue weighted by Gasteiger charge is -2.34. The molecule has 3 aromatic rings. The first-order chi connectivity index (χ1) is 16.5. The van der Waals surface area contributed by atoms with Gasteiger partial charge in [-0.15, -0.1) is 0 Å². The van der Waals surface area contributed by atoms with Crippen molar-refractivity contribution in [2.24, 2.45) is 0 Å². The highest BCUT2D eigenvalue weighted by atomic mass is 35.5. The van der Waals surface area contributed by atoms with E-state index in [-0.39, 0.29) is 24.0 Å². The number of anilines is 1. The minimum atomic E-state index is -0.144. The number of ether oxygens (including phenoxy) is 1. The maximum atomic E-state index is 12.4. The number of carbonyl (C=O) groups is 1. The fourth-order valence-electron chi connectivity index (χ4n) is 5.30. The molecule has 0 aliphatic carbocycles. The van der Waals surface area contributed by atoms with Gasteiger partial charge in [0.05, 0.1) is 33.6 Å².